The lowest BCUT2D eigenvalue weighted by molar-refractivity contribution is 0.0606. The second kappa shape index (κ2) is 5.82. The van der Waals surface area contributed by atoms with Gasteiger partial charge in [-0.15, -0.1) is 11.3 Å². The van der Waals surface area contributed by atoms with Crippen LogP contribution in [0.25, 0.3) is 10.1 Å². The Kier molecular flexibility index (Phi) is 3.72. The number of benzene rings is 2. The zero-order chi connectivity index (χ0) is 14.7. The van der Waals surface area contributed by atoms with Crippen molar-refractivity contribution in [2.75, 3.05) is 7.11 Å². The first-order chi connectivity index (χ1) is 10.3. The van der Waals surface area contributed by atoms with Crippen molar-refractivity contribution in [2.24, 2.45) is 0 Å². The molecular formula is C18H12O2S. The Morgan fingerprint density at radius 3 is 2.62 bits per heavy atom. The van der Waals surface area contributed by atoms with E-state index in [4.69, 9.17) is 4.74 Å². The molecule has 1 heterocycles. The van der Waals surface area contributed by atoms with Crippen molar-refractivity contribution in [3.8, 4) is 11.8 Å². The summed E-state index contributed by atoms with van der Waals surface area (Å²) in [5.74, 6) is 6.02. The molecule has 102 valence electrons. The van der Waals surface area contributed by atoms with Gasteiger partial charge in [0.1, 0.15) is 4.88 Å². The van der Waals surface area contributed by atoms with Crippen molar-refractivity contribution in [1.82, 2.24) is 0 Å². The van der Waals surface area contributed by atoms with E-state index in [0.717, 1.165) is 21.2 Å². The molecule has 0 aliphatic carbocycles. The first-order valence-electron chi connectivity index (χ1n) is 6.46. The minimum atomic E-state index is -0.307. The van der Waals surface area contributed by atoms with Gasteiger partial charge in [0, 0.05) is 21.2 Å². The Balaban J connectivity index is 2.05. The minimum absolute atomic E-state index is 0.307. The molecule has 0 unspecified atom stereocenters. The summed E-state index contributed by atoms with van der Waals surface area (Å²) < 4.78 is 5.81. The van der Waals surface area contributed by atoms with Crippen LogP contribution in [-0.2, 0) is 4.74 Å². The first kappa shape index (κ1) is 13.4. The van der Waals surface area contributed by atoms with Gasteiger partial charge in [0.15, 0.2) is 0 Å². The van der Waals surface area contributed by atoms with Gasteiger partial charge < -0.3 is 4.74 Å². The van der Waals surface area contributed by atoms with Crippen LogP contribution in [0.3, 0.4) is 0 Å². The molecule has 0 N–H and O–H groups in total. The van der Waals surface area contributed by atoms with Gasteiger partial charge in [0.05, 0.1) is 7.11 Å². The summed E-state index contributed by atoms with van der Waals surface area (Å²) >= 11 is 1.42. The van der Waals surface area contributed by atoms with E-state index >= 15 is 0 Å². The minimum Gasteiger partial charge on any atom is -0.465 e. The molecule has 2 nitrogen and oxygen atoms in total. The average molecular weight is 292 g/mol. The van der Waals surface area contributed by atoms with E-state index in [1.807, 2.05) is 54.6 Å². The average Bonchev–Trinajstić information content (AvgIpc) is 2.97. The van der Waals surface area contributed by atoms with Gasteiger partial charge in [-0.1, -0.05) is 36.1 Å². The maximum atomic E-state index is 11.6. The molecule has 0 spiro atoms. The normalized spacial score (nSPS) is 9.95. The van der Waals surface area contributed by atoms with Gasteiger partial charge in [-0.25, -0.2) is 4.79 Å². The number of rotatable bonds is 1. The lowest BCUT2D eigenvalue weighted by Gasteiger charge is -1.93. The van der Waals surface area contributed by atoms with Crippen molar-refractivity contribution >= 4 is 27.4 Å². The Labute approximate surface area is 127 Å². The van der Waals surface area contributed by atoms with Crippen LogP contribution in [0.4, 0.5) is 0 Å². The largest absolute Gasteiger partial charge is 0.465 e. The molecule has 0 bridgehead atoms. The summed E-state index contributed by atoms with van der Waals surface area (Å²) in [6, 6.07) is 17.6. The van der Waals surface area contributed by atoms with Gasteiger partial charge in [-0.2, -0.15) is 0 Å². The quantitative estimate of drug-likeness (QED) is 0.499. The molecule has 1 aromatic heterocycles. The molecule has 3 aromatic rings. The second-order valence-corrected chi connectivity index (χ2v) is 5.52. The number of thiophene rings is 1. The molecule has 0 aliphatic heterocycles. The Bertz CT molecular complexity index is 851. The lowest BCUT2D eigenvalue weighted by atomic mass is 10.1. The fourth-order valence-corrected chi connectivity index (χ4v) is 3.04. The molecule has 3 rings (SSSR count). The summed E-state index contributed by atoms with van der Waals surface area (Å²) in [4.78, 5) is 12.2. The highest BCUT2D eigenvalue weighted by atomic mass is 32.1. The van der Waals surface area contributed by atoms with Crippen LogP contribution in [-0.4, -0.2) is 13.1 Å². The van der Waals surface area contributed by atoms with Crippen molar-refractivity contribution in [1.29, 1.82) is 0 Å². The third-order valence-corrected chi connectivity index (χ3v) is 4.14. The summed E-state index contributed by atoms with van der Waals surface area (Å²) in [5, 5.41) is 0.992. The molecule has 21 heavy (non-hydrogen) atoms. The topological polar surface area (TPSA) is 26.3 Å². The van der Waals surface area contributed by atoms with Crippen LogP contribution < -0.4 is 0 Å². The van der Waals surface area contributed by atoms with E-state index in [0.29, 0.717) is 4.88 Å². The Morgan fingerprint density at radius 1 is 1.05 bits per heavy atom. The molecular weight excluding hydrogens is 280 g/mol. The number of hydrogen-bond donors (Lipinski definition) is 0. The summed E-state index contributed by atoms with van der Waals surface area (Å²) in [7, 11) is 1.39. The number of esters is 1. The summed E-state index contributed by atoms with van der Waals surface area (Å²) in [6.07, 6.45) is 0. The predicted molar refractivity (Wildman–Crippen MR) is 85.6 cm³/mol. The molecule has 0 fully saturated rings. The molecule has 2 aromatic carbocycles. The number of methoxy groups -OCH3 is 1. The second-order valence-electron chi connectivity index (χ2n) is 4.44. The lowest BCUT2D eigenvalue weighted by Crippen LogP contribution is -1.96. The van der Waals surface area contributed by atoms with E-state index in [2.05, 4.69) is 11.8 Å². The Hall–Kier alpha value is -2.57. The van der Waals surface area contributed by atoms with Gasteiger partial charge >= 0.3 is 5.97 Å². The van der Waals surface area contributed by atoms with Gasteiger partial charge in [0.25, 0.3) is 0 Å². The van der Waals surface area contributed by atoms with Crippen molar-refractivity contribution in [3.63, 3.8) is 0 Å². The molecule has 0 saturated heterocycles. The van der Waals surface area contributed by atoms with Crippen molar-refractivity contribution in [3.05, 3.63) is 70.6 Å². The fraction of sp³-hybridized carbons (Fsp3) is 0.0556. The van der Waals surface area contributed by atoms with Gasteiger partial charge in [-0.05, 0) is 30.3 Å². The first-order valence-corrected chi connectivity index (χ1v) is 7.27. The number of hydrogen-bond acceptors (Lipinski definition) is 3. The van der Waals surface area contributed by atoms with Crippen LogP contribution in [0, 0.1) is 11.8 Å². The standard InChI is InChI=1S/C18H12O2S/c1-20-18(19)17-12-15-14(8-5-9-16(15)21-17)11-10-13-6-3-2-4-7-13/h2-9,12H,1H3. The van der Waals surface area contributed by atoms with Crippen LogP contribution >= 0.6 is 11.3 Å². The third kappa shape index (κ3) is 2.81. The summed E-state index contributed by atoms with van der Waals surface area (Å²) in [5.41, 5.74) is 1.89. The highest BCUT2D eigenvalue weighted by Crippen LogP contribution is 2.28. The molecule has 0 amide bonds. The Morgan fingerprint density at radius 2 is 1.86 bits per heavy atom. The zero-order valence-electron chi connectivity index (χ0n) is 11.4. The number of carbonyl (C=O) groups excluding carboxylic acids is 1. The number of ether oxygens (including phenoxy) is 1. The molecule has 0 radical (unpaired) electrons. The SMILES string of the molecule is COC(=O)c1cc2c(C#Cc3ccccc3)cccc2s1. The van der Waals surface area contributed by atoms with E-state index in [-0.39, 0.29) is 5.97 Å². The predicted octanol–water partition coefficient (Wildman–Crippen LogP) is 4.09. The number of fused-ring (bicyclic) bond motifs is 1. The third-order valence-electron chi connectivity index (χ3n) is 3.06. The highest BCUT2D eigenvalue weighted by Gasteiger charge is 2.11. The van der Waals surface area contributed by atoms with Crippen molar-refractivity contribution in [2.45, 2.75) is 0 Å². The maximum absolute atomic E-state index is 11.6. The number of carbonyl (C=O) groups is 1. The van der Waals surface area contributed by atoms with Crippen molar-refractivity contribution < 1.29 is 9.53 Å². The van der Waals surface area contributed by atoms with Gasteiger partial charge in [-0.3, -0.25) is 0 Å². The van der Waals surface area contributed by atoms with Crippen LogP contribution in [0.1, 0.15) is 20.8 Å². The van der Waals surface area contributed by atoms with E-state index in [9.17, 15) is 4.79 Å². The van der Waals surface area contributed by atoms with E-state index in [1.54, 1.807) is 0 Å². The maximum Gasteiger partial charge on any atom is 0.348 e. The molecule has 3 heteroatoms. The fourth-order valence-electron chi connectivity index (χ4n) is 2.03. The van der Waals surface area contributed by atoms with E-state index < -0.39 is 0 Å². The monoisotopic (exact) mass is 292 g/mol. The van der Waals surface area contributed by atoms with Crippen LogP contribution in [0.2, 0.25) is 0 Å². The smallest absolute Gasteiger partial charge is 0.348 e. The highest BCUT2D eigenvalue weighted by molar-refractivity contribution is 7.20. The zero-order valence-corrected chi connectivity index (χ0v) is 12.2. The molecule has 0 atom stereocenters. The van der Waals surface area contributed by atoms with Gasteiger partial charge in [0.2, 0.25) is 0 Å². The van der Waals surface area contributed by atoms with E-state index in [1.165, 1.54) is 18.4 Å². The van der Waals surface area contributed by atoms with Crippen LogP contribution in [0.15, 0.2) is 54.6 Å². The molecule has 0 saturated carbocycles. The summed E-state index contributed by atoms with van der Waals surface area (Å²) in [6.45, 7) is 0. The van der Waals surface area contributed by atoms with Crippen LogP contribution in [0.5, 0.6) is 0 Å². The molecule has 0 aliphatic rings.